The molecule has 2 aromatic carbocycles. The number of ether oxygens (including phenoxy) is 1. The van der Waals surface area contributed by atoms with Crippen LogP contribution in [0.5, 0.6) is 5.75 Å². The van der Waals surface area contributed by atoms with Gasteiger partial charge in [-0.25, -0.2) is 0 Å². The van der Waals surface area contributed by atoms with Gasteiger partial charge in [0.15, 0.2) is 5.78 Å². The van der Waals surface area contributed by atoms with Crippen LogP contribution in [0, 0.1) is 0 Å². The van der Waals surface area contributed by atoms with E-state index in [1.807, 2.05) is 0 Å². The van der Waals surface area contributed by atoms with Crippen molar-refractivity contribution in [3.63, 3.8) is 0 Å². The number of ketones is 1. The number of rotatable bonds is 8. The van der Waals surface area contributed by atoms with E-state index in [2.05, 4.69) is 5.32 Å². The fourth-order valence-corrected chi connectivity index (χ4v) is 2.59. The van der Waals surface area contributed by atoms with Gasteiger partial charge in [-0.1, -0.05) is 12.1 Å². The first-order valence-electron chi connectivity index (χ1n) is 8.87. The van der Waals surface area contributed by atoms with E-state index >= 15 is 0 Å². The summed E-state index contributed by atoms with van der Waals surface area (Å²) in [6.45, 7) is 3.43. The number of halogens is 3. The topological polar surface area (TPSA) is 55.4 Å². The zero-order chi connectivity index (χ0) is 20.7. The van der Waals surface area contributed by atoms with Crippen molar-refractivity contribution in [2.45, 2.75) is 38.9 Å². The van der Waals surface area contributed by atoms with Gasteiger partial charge >= 0.3 is 6.18 Å². The van der Waals surface area contributed by atoms with E-state index in [0.717, 1.165) is 12.1 Å². The molecule has 0 saturated carbocycles. The molecule has 0 fully saturated rings. The maximum absolute atomic E-state index is 12.8. The van der Waals surface area contributed by atoms with Gasteiger partial charge in [0.2, 0.25) is 5.91 Å². The van der Waals surface area contributed by atoms with E-state index < -0.39 is 17.8 Å². The van der Waals surface area contributed by atoms with Crippen molar-refractivity contribution in [3.8, 4) is 5.75 Å². The number of carbonyl (C=O) groups is 2. The van der Waals surface area contributed by atoms with Crippen molar-refractivity contribution >= 4 is 11.7 Å². The molecule has 7 heteroatoms. The van der Waals surface area contributed by atoms with Gasteiger partial charge in [0.25, 0.3) is 0 Å². The summed E-state index contributed by atoms with van der Waals surface area (Å²) in [5.74, 6) is 0.307. The lowest BCUT2D eigenvalue weighted by Gasteiger charge is -2.16. The Balaban J connectivity index is 1.77. The lowest BCUT2D eigenvalue weighted by molar-refractivity contribution is -0.137. The summed E-state index contributed by atoms with van der Waals surface area (Å²) >= 11 is 0. The van der Waals surface area contributed by atoms with Gasteiger partial charge in [0.05, 0.1) is 18.2 Å². The van der Waals surface area contributed by atoms with Crippen molar-refractivity contribution in [2.24, 2.45) is 0 Å². The van der Waals surface area contributed by atoms with E-state index in [1.165, 1.54) is 13.0 Å². The molecule has 1 unspecified atom stereocenters. The van der Waals surface area contributed by atoms with Gasteiger partial charge in [-0.2, -0.15) is 13.2 Å². The molecule has 0 radical (unpaired) electrons. The first-order valence-corrected chi connectivity index (χ1v) is 8.87. The molecule has 0 bridgehead atoms. The number of alkyl halides is 3. The van der Waals surface area contributed by atoms with Gasteiger partial charge in [0.1, 0.15) is 5.75 Å². The summed E-state index contributed by atoms with van der Waals surface area (Å²) in [4.78, 5) is 23.2. The van der Waals surface area contributed by atoms with Gasteiger partial charge in [-0.15, -0.1) is 0 Å². The van der Waals surface area contributed by atoms with Crippen LogP contribution in [-0.2, 0) is 11.0 Å². The molecule has 4 nitrogen and oxygen atoms in total. The average molecular weight is 393 g/mol. The second-order valence-electron chi connectivity index (χ2n) is 6.45. The first kappa shape index (κ1) is 21.5. The lowest BCUT2D eigenvalue weighted by Crippen LogP contribution is -2.27. The van der Waals surface area contributed by atoms with Crippen LogP contribution >= 0.6 is 0 Å². The molecule has 0 spiro atoms. The Morgan fingerprint density at radius 1 is 1.11 bits per heavy atom. The molecule has 0 saturated heterocycles. The largest absolute Gasteiger partial charge is 0.494 e. The lowest BCUT2D eigenvalue weighted by atomic mass is 10.0. The van der Waals surface area contributed by atoms with Crippen LogP contribution < -0.4 is 10.1 Å². The number of amides is 1. The molecule has 1 atom stereocenters. The number of Topliss-reactive ketones (excluding diaryl/α,β-unsaturated/α-hetero) is 1. The zero-order valence-electron chi connectivity index (χ0n) is 15.7. The number of nitrogens with one attached hydrogen (secondary N) is 1. The van der Waals surface area contributed by atoms with Crippen LogP contribution in [0.15, 0.2) is 48.5 Å². The van der Waals surface area contributed by atoms with Crippen molar-refractivity contribution in [1.29, 1.82) is 0 Å². The third-order valence-electron chi connectivity index (χ3n) is 4.17. The standard InChI is InChI=1S/C21H22F3NO3/c1-14(17-5-3-6-18(13-17)21(22,23)24)25-20(27)7-4-12-28-19-10-8-16(9-11-19)15(2)26/h3,5-6,8-11,13-14H,4,7,12H2,1-2H3,(H,25,27). The van der Waals surface area contributed by atoms with Gasteiger partial charge < -0.3 is 10.1 Å². The van der Waals surface area contributed by atoms with Gasteiger partial charge in [-0.3, -0.25) is 9.59 Å². The van der Waals surface area contributed by atoms with E-state index in [0.29, 0.717) is 29.9 Å². The van der Waals surface area contributed by atoms with Crippen molar-refractivity contribution in [1.82, 2.24) is 5.32 Å². The quantitative estimate of drug-likeness (QED) is 0.510. The van der Waals surface area contributed by atoms with E-state index in [1.54, 1.807) is 37.3 Å². The number of benzene rings is 2. The second-order valence-corrected chi connectivity index (χ2v) is 6.45. The minimum Gasteiger partial charge on any atom is -0.494 e. The molecule has 0 aliphatic carbocycles. The van der Waals surface area contributed by atoms with E-state index in [4.69, 9.17) is 4.74 Å². The molecule has 0 aliphatic heterocycles. The Bertz CT molecular complexity index is 816. The smallest absolute Gasteiger partial charge is 0.416 e. The Kier molecular flexibility index (Phi) is 7.20. The molecule has 0 aromatic heterocycles. The van der Waals surface area contributed by atoms with Gasteiger partial charge in [-0.05, 0) is 62.2 Å². The Labute approximate surface area is 161 Å². The Morgan fingerprint density at radius 3 is 2.39 bits per heavy atom. The summed E-state index contributed by atoms with van der Waals surface area (Å²) < 4.78 is 43.9. The molecular weight excluding hydrogens is 371 g/mol. The SMILES string of the molecule is CC(=O)c1ccc(OCCCC(=O)NC(C)c2cccc(C(F)(F)F)c2)cc1. The van der Waals surface area contributed by atoms with Gasteiger partial charge in [0, 0.05) is 12.0 Å². The van der Waals surface area contributed by atoms with Crippen LogP contribution in [0.4, 0.5) is 13.2 Å². The predicted molar refractivity (Wildman–Crippen MR) is 99.2 cm³/mol. The highest BCUT2D eigenvalue weighted by Gasteiger charge is 2.30. The third-order valence-corrected chi connectivity index (χ3v) is 4.17. The second kappa shape index (κ2) is 9.39. The molecule has 2 rings (SSSR count). The fourth-order valence-electron chi connectivity index (χ4n) is 2.59. The number of carbonyl (C=O) groups excluding carboxylic acids is 2. The normalized spacial score (nSPS) is 12.3. The molecule has 0 aliphatic rings. The Hall–Kier alpha value is -2.83. The van der Waals surface area contributed by atoms with E-state index in [-0.39, 0.29) is 18.1 Å². The van der Waals surface area contributed by atoms with Crippen LogP contribution in [0.3, 0.4) is 0 Å². The van der Waals surface area contributed by atoms with Crippen molar-refractivity contribution in [2.75, 3.05) is 6.61 Å². The monoisotopic (exact) mass is 393 g/mol. The first-order chi connectivity index (χ1) is 13.2. The molecule has 1 amide bonds. The zero-order valence-corrected chi connectivity index (χ0v) is 15.7. The summed E-state index contributed by atoms with van der Waals surface area (Å²) in [5.41, 5.74) is 0.246. The minimum absolute atomic E-state index is 0.0295. The summed E-state index contributed by atoms with van der Waals surface area (Å²) in [5, 5.41) is 2.69. The number of hydrogen-bond donors (Lipinski definition) is 1. The molecule has 2 aromatic rings. The third kappa shape index (κ3) is 6.40. The number of hydrogen-bond acceptors (Lipinski definition) is 3. The predicted octanol–water partition coefficient (Wildman–Crippen LogP) is 4.94. The van der Waals surface area contributed by atoms with Crippen LogP contribution in [0.25, 0.3) is 0 Å². The van der Waals surface area contributed by atoms with Crippen LogP contribution in [-0.4, -0.2) is 18.3 Å². The Morgan fingerprint density at radius 2 is 1.79 bits per heavy atom. The summed E-state index contributed by atoms with van der Waals surface area (Å²) in [6.07, 6.45) is -3.77. The fraction of sp³-hybridized carbons (Fsp3) is 0.333. The molecule has 150 valence electrons. The molecule has 1 N–H and O–H groups in total. The maximum Gasteiger partial charge on any atom is 0.416 e. The van der Waals surface area contributed by atoms with Crippen molar-refractivity contribution in [3.05, 3.63) is 65.2 Å². The average Bonchev–Trinajstić information content (AvgIpc) is 2.65. The molecular formula is C21H22F3NO3. The highest BCUT2D eigenvalue weighted by Crippen LogP contribution is 2.30. The van der Waals surface area contributed by atoms with Crippen molar-refractivity contribution < 1.29 is 27.5 Å². The highest BCUT2D eigenvalue weighted by atomic mass is 19.4. The molecule has 0 heterocycles. The summed E-state index contributed by atoms with van der Waals surface area (Å²) in [7, 11) is 0. The van der Waals surface area contributed by atoms with Crippen LogP contribution in [0.2, 0.25) is 0 Å². The van der Waals surface area contributed by atoms with E-state index in [9.17, 15) is 22.8 Å². The minimum atomic E-state index is -4.42. The highest BCUT2D eigenvalue weighted by molar-refractivity contribution is 5.94. The summed E-state index contributed by atoms with van der Waals surface area (Å²) in [6, 6.07) is 11.1. The maximum atomic E-state index is 12.8. The van der Waals surface area contributed by atoms with Crippen LogP contribution in [0.1, 0.15) is 54.2 Å². The molecule has 28 heavy (non-hydrogen) atoms.